The molecular formula is C27H33N2O4+. The molecule has 3 rings (SSSR count). The van der Waals surface area contributed by atoms with Crippen LogP contribution in [-0.4, -0.2) is 62.0 Å². The minimum Gasteiger partial charge on any atom is -0.480 e. The van der Waals surface area contributed by atoms with Gasteiger partial charge in [0.25, 0.3) is 0 Å². The predicted octanol–water partition coefficient (Wildman–Crippen LogP) is 4.10. The molecule has 2 aromatic rings. The molecule has 0 heterocycles. The minimum absolute atomic E-state index is 0.0880. The van der Waals surface area contributed by atoms with Crippen LogP contribution in [-0.2, 0) is 9.53 Å². The fourth-order valence-electron chi connectivity index (χ4n) is 4.92. The van der Waals surface area contributed by atoms with Crippen molar-refractivity contribution in [3.8, 4) is 23.0 Å². The molecule has 2 atom stereocenters. The van der Waals surface area contributed by atoms with Gasteiger partial charge >= 0.3 is 12.1 Å². The second-order valence-electron chi connectivity index (χ2n) is 9.95. The van der Waals surface area contributed by atoms with E-state index in [1.807, 2.05) is 64.5 Å². The molecule has 0 bridgehead atoms. The van der Waals surface area contributed by atoms with Crippen LogP contribution in [0.3, 0.4) is 0 Å². The Morgan fingerprint density at radius 3 is 2.12 bits per heavy atom. The molecule has 0 saturated heterocycles. The van der Waals surface area contributed by atoms with Crippen molar-refractivity contribution in [1.29, 1.82) is 0 Å². The van der Waals surface area contributed by atoms with Gasteiger partial charge in [-0.25, -0.2) is 9.59 Å². The molecule has 0 unspecified atom stereocenters. The number of alkyl carbamates (subject to hydrolysis) is 1. The van der Waals surface area contributed by atoms with Gasteiger partial charge in [0.2, 0.25) is 0 Å². The van der Waals surface area contributed by atoms with E-state index in [1.54, 1.807) is 6.92 Å². The molecule has 6 heteroatoms. The molecule has 1 aliphatic carbocycles. The zero-order valence-corrected chi connectivity index (χ0v) is 20.0. The van der Waals surface area contributed by atoms with Gasteiger partial charge in [-0.3, -0.25) is 0 Å². The fraction of sp³-hybridized carbons (Fsp3) is 0.407. The number of benzene rings is 2. The lowest BCUT2D eigenvalue weighted by Crippen LogP contribution is -2.58. The lowest BCUT2D eigenvalue weighted by molar-refractivity contribution is -0.877. The van der Waals surface area contributed by atoms with E-state index in [0.29, 0.717) is 17.4 Å². The van der Waals surface area contributed by atoms with Crippen molar-refractivity contribution >= 4 is 12.1 Å². The maximum Gasteiger partial charge on any atom is 0.407 e. The summed E-state index contributed by atoms with van der Waals surface area (Å²) in [5.74, 6) is 4.66. The first-order valence-electron chi connectivity index (χ1n) is 11.1. The van der Waals surface area contributed by atoms with Gasteiger partial charge in [0.1, 0.15) is 12.6 Å². The van der Waals surface area contributed by atoms with Gasteiger partial charge in [0, 0.05) is 12.3 Å². The number of carboxylic acids is 1. The van der Waals surface area contributed by atoms with Crippen molar-refractivity contribution in [2.24, 2.45) is 5.41 Å². The smallest absolute Gasteiger partial charge is 0.407 e. The summed E-state index contributed by atoms with van der Waals surface area (Å²) in [7, 11) is 5.97. The highest BCUT2D eigenvalue weighted by Gasteiger charge is 2.44. The van der Waals surface area contributed by atoms with Gasteiger partial charge in [0.15, 0.2) is 0 Å². The Bertz CT molecular complexity index is 1050. The number of rotatable bonds is 8. The fourth-order valence-corrected chi connectivity index (χ4v) is 4.92. The highest BCUT2D eigenvalue weighted by molar-refractivity contribution is 5.81. The summed E-state index contributed by atoms with van der Waals surface area (Å²) < 4.78 is 6.14. The number of carboxylic acid groups (broad SMARTS) is 1. The first-order chi connectivity index (χ1) is 15.6. The number of nitrogens with zero attached hydrogens (tertiary/aromatic N) is 1. The summed E-state index contributed by atoms with van der Waals surface area (Å²) in [6, 6.07) is 15.0. The van der Waals surface area contributed by atoms with Crippen LogP contribution in [0.5, 0.6) is 0 Å². The monoisotopic (exact) mass is 449 g/mol. The van der Waals surface area contributed by atoms with Crippen LogP contribution in [0, 0.1) is 17.3 Å². The summed E-state index contributed by atoms with van der Waals surface area (Å²) in [6.45, 7) is 4.22. The average Bonchev–Trinajstić information content (AvgIpc) is 3.07. The van der Waals surface area contributed by atoms with Gasteiger partial charge in [-0.05, 0) is 29.2 Å². The normalized spacial score (nSPS) is 15.3. The van der Waals surface area contributed by atoms with Crippen LogP contribution >= 0.6 is 0 Å². The van der Waals surface area contributed by atoms with Crippen LogP contribution in [0.1, 0.15) is 37.3 Å². The molecule has 2 N–H and O–H groups in total. The molecule has 6 nitrogen and oxygen atoms in total. The number of quaternary nitrogens is 1. The van der Waals surface area contributed by atoms with Crippen molar-refractivity contribution < 1.29 is 23.9 Å². The maximum atomic E-state index is 12.8. The summed E-state index contributed by atoms with van der Waals surface area (Å²) in [5, 5.41) is 12.6. The number of nitrogens with one attached hydrogen (secondary N) is 1. The number of hydrogen-bond donors (Lipinski definition) is 2. The third-order valence-corrected chi connectivity index (χ3v) is 6.05. The SMILES string of the molecule is CC#CC[C@@](C)(C[N+](C)(C)C)[C@H](NC(=O)OCC1c2ccccc2-c2ccccc21)C(=O)O. The third-order valence-electron chi connectivity index (χ3n) is 6.05. The Labute approximate surface area is 196 Å². The van der Waals surface area contributed by atoms with E-state index in [2.05, 4.69) is 29.3 Å². The molecule has 2 aromatic carbocycles. The van der Waals surface area contributed by atoms with E-state index in [-0.39, 0.29) is 12.5 Å². The molecule has 0 spiro atoms. The quantitative estimate of drug-likeness (QED) is 0.470. The molecule has 33 heavy (non-hydrogen) atoms. The number of hydrogen-bond acceptors (Lipinski definition) is 3. The van der Waals surface area contributed by atoms with E-state index >= 15 is 0 Å². The Morgan fingerprint density at radius 2 is 1.64 bits per heavy atom. The first-order valence-corrected chi connectivity index (χ1v) is 11.1. The molecular weight excluding hydrogens is 416 g/mol. The van der Waals surface area contributed by atoms with Crippen molar-refractivity contribution in [1.82, 2.24) is 5.32 Å². The molecule has 0 saturated carbocycles. The van der Waals surface area contributed by atoms with Crippen molar-refractivity contribution in [3.63, 3.8) is 0 Å². The van der Waals surface area contributed by atoms with Crippen LogP contribution in [0.4, 0.5) is 4.79 Å². The molecule has 1 amide bonds. The van der Waals surface area contributed by atoms with E-state index in [9.17, 15) is 14.7 Å². The van der Waals surface area contributed by atoms with E-state index in [0.717, 1.165) is 22.3 Å². The van der Waals surface area contributed by atoms with Crippen molar-refractivity contribution in [2.75, 3.05) is 34.3 Å². The van der Waals surface area contributed by atoms with Crippen molar-refractivity contribution in [3.05, 3.63) is 59.7 Å². The number of carbonyl (C=O) groups is 2. The van der Waals surface area contributed by atoms with Gasteiger partial charge in [-0.2, -0.15) is 0 Å². The second kappa shape index (κ2) is 9.68. The summed E-state index contributed by atoms with van der Waals surface area (Å²) in [4.78, 5) is 25.0. The third kappa shape index (κ3) is 5.55. The Hall–Kier alpha value is -3.30. The summed E-state index contributed by atoms with van der Waals surface area (Å²) in [6.07, 6.45) is -0.388. The molecule has 0 radical (unpaired) electrons. The predicted molar refractivity (Wildman–Crippen MR) is 129 cm³/mol. The zero-order valence-electron chi connectivity index (χ0n) is 20.0. The molecule has 1 aliphatic rings. The van der Waals surface area contributed by atoms with E-state index < -0.39 is 23.5 Å². The molecule has 174 valence electrons. The van der Waals surface area contributed by atoms with Crippen LogP contribution in [0.15, 0.2) is 48.5 Å². The largest absolute Gasteiger partial charge is 0.480 e. The van der Waals surface area contributed by atoms with Gasteiger partial charge in [0.05, 0.1) is 33.1 Å². The van der Waals surface area contributed by atoms with Crippen LogP contribution < -0.4 is 5.32 Å². The highest BCUT2D eigenvalue weighted by Crippen LogP contribution is 2.44. The standard InChI is InChI=1S/C27H32N2O4/c1-6-7-16-27(2,18-29(3,4)5)24(25(30)31)28-26(32)33-17-23-21-14-10-8-12-19(21)20-13-9-11-15-22(20)23/h8-15,23-24H,16-18H2,1-5H3,(H-,28,30,31,32)/p+1/t24-,27+/m1/s1. The number of ether oxygens (including phenoxy) is 1. The minimum atomic E-state index is -1.13. The van der Waals surface area contributed by atoms with Gasteiger partial charge < -0.3 is 19.6 Å². The summed E-state index contributed by atoms with van der Waals surface area (Å²) >= 11 is 0. The Kier molecular flexibility index (Phi) is 7.14. The average molecular weight is 450 g/mol. The van der Waals surface area contributed by atoms with Crippen molar-refractivity contribution in [2.45, 2.75) is 32.2 Å². The second-order valence-corrected chi connectivity index (χ2v) is 9.95. The zero-order chi connectivity index (χ0) is 24.2. The summed E-state index contributed by atoms with van der Waals surface area (Å²) in [5.41, 5.74) is 3.71. The van der Waals surface area contributed by atoms with Gasteiger partial charge in [-0.1, -0.05) is 55.5 Å². The highest BCUT2D eigenvalue weighted by atomic mass is 16.5. The number of amides is 1. The lowest BCUT2D eigenvalue weighted by atomic mass is 9.78. The maximum absolute atomic E-state index is 12.8. The number of fused-ring (bicyclic) bond motifs is 3. The van der Waals surface area contributed by atoms with Crippen LogP contribution in [0.2, 0.25) is 0 Å². The number of aliphatic carboxylic acids is 1. The lowest BCUT2D eigenvalue weighted by Gasteiger charge is -2.39. The molecule has 0 fully saturated rings. The Morgan fingerprint density at radius 1 is 1.09 bits per heavy atom. The molecule has 0 aromatic heterocycles. The number of carbonyl (C=O) groups excluding carboxylic acids is 1. The van der Waals surface area contributed by atoms with Crippen LogP contribution in [0.25, 0.3) is 11.1 Å². The topological polar surface area (TPSA) is 75.6 Å². The van der Waals surface area contributed by atoms with Gasteiger partial charge in [-0.15, -0.1) is 11.8 Å². The molecule has 0 aliphatic heterocycles. The van der Waals surface area contributed by atoms with E-state index in [4.69, 9.17) is 4.74 Å². The first kappa shape index (κ1) is 24.3. The Balaban J connectivity index is 1.77. The van der Waals surface area contributed by atoms with E-state index in [1.165, 1.54) is 0 Å².